The van der Waals surface area contributed by atoms with Gasteiger partial charge in [0.1, 0.15) is 0 Å². The zero-order valence-electron chi connectivity index (χ0n) is 13.3. The lowest BCUT2D eigenvalue weighted by Crippen LogP contribution is -2.04. The van der Waals surface area contributed by atoms with Gasteiger partial charge in [-0.1, -0.05) is 54.1 Å². The topological polar surface area (TPSA) is 50.7 Å². The highest BCUT2D eigenvalue weighted by Crippen LogP contribution is 2.22. The van der Waals surface area contributed by atoms with Crippen molar-refractivity contribution in [1.29, 1.82) is 0 Å². The van der Waals surface area contributed by atoms with Crippen LogP contribution in [0.2, 0.25) is 5.15 Å². The summed E-state index contributed by atoms with van der Waals surface area (Å²) in [7, 11) is 0. The van der Waals surface area contributed by atoms with Crippen LogP contribution in [0, 0.1) is 0 Å². The average Bonchev–Trinajstić information content (AvgIpc) is 3.08. The Bertz CT molecular complexity index is 1000. The van der Waals surface area contributed by atoms with E-state index in [0.29, 0.717) is 17.5 Å². The van der Waals surface area contributed by atoms with E-state index >= 15 is 0 Å². The van der Waals surface area contributed by atoms with Crippen LogP contribution in [-0.2, 0) is 13.0 Å². The number of para-hydroxylation sites is 2. The lowest BCUT2D eigenvalue weighted by atomic mass is 10.2. The minimum Gasteiger partial charge on any atom is -0.362 e. The van der Waals surface area contributed by atoms with Gasteiger partial charge in [0.25, 0.3) is 0 Å². The molecule has 0 amide bonds. The Morgan fingerprint density at radius 2 is 1.60 bits per heavy atom. The Kier molecular flexibility index (Phi) is 4.59. The quantitative estimate of drug-likeness (QED) is 0.543. The Morgan fingerprint density at radius 3 is 2.40 bits per heavy atom. The molecule has 0 radical (unpaired) electrons. The van der Waals surface area contributed by atoms with Crippen LogP contribution < -0.4 is 5.32 Å². The molecule has 0 bridgehead atoms. The largest absolute Gasteiger partial charge is 0.362 e. The lowest BCUT2D eigenvalue weighted by Gasteiger charge is -2.06. The third-order valence-corrected chi connectivity index (χ3v) is 4.92. The zero-order chi connectivity index (χ0) is 17.1. The van der Waals surface area contributed by atoms with Crippen LogP contribution in [0.5, 0.6) is 0 Å². The number of fused-ring (bicyclic) bond motifs is 1. The molecule has 4 nitrogen and oxygen atoms in total. The van der Waals surface area contributed by atoms with E-state index in [2.05, 4.69) is 37.8 Å². The molecule has 0 saturated carbocycles. The Hall–Kier alpha value is -2.50. The molecule has 0 aliphatic carbocycles. The summed E-state index contributed by atoms with van der Waals surface area (Å²) in [5, 5.41) is 6.77. The van der Waals surface area contributed by atoms with Gasteiger partial charge >= 0.3 is 0 Å². The van der Waals surface area contributed by atoms with Gasteiger partial charge in [-0.2, -0.15) is 0 Å². The summed E-state index contributed by atoms with van der Waals surface area (Å²) >= 11 is 7.89. The maximum atomic E-state index is 6.23. The van der Waals surface area contributed by atoms with Gasteiger partial charge in [-0.3, -0.25) is 0 Å². The monoisotopic (exact) mass is 366 g/mol. The summed E-state index contributed by atoms with van der Waals surface area (Å²) in [6.07, 6.45) is 0.849. The second-order valence-corrected chi connectivity index (χ2v) is 6.90. The number of benzene rings is 2. The van der Waals surface area contributed by atoms with Crippen molar-refractivity contribution < 1.29 is 0 Å². The van der Waals surface area contributed by atoms with Crippen molar-refractivity contribution in [3.63, 3.8) is 0 Å². The molecule has 124 valence electrons. The van der Waals surface area contributed by atoms with Gasteiger partial charge in [-0.25, -0.2) is 15.0 Å². The second-order valence-electron chi connectivity index (χ2n) is 5.60. The summed E-state index contributed by atoms with van der Waals surface area (Å²) in [5.74, 6) is 0.581. The summed E-state index contributed by atoms with van der Waals surface area (Å²) in [4.78, 5) is 13.6. The molecule has 0 atom stereocenters. The maximum Gasteiger partial charge on any atom is 0.172 e. The molecule has 0 saturated heterocycles. The number of nitrogens with zero attached hydrogens (tertiary/aromatic N) is 3. The fraction of sp³-hybridized carbons (Fsp3) is 0.105. The van der Waals surface area contributed by atoms with Crippen LogP contribution in [-0.4, -0.2) is 15.0 Å². The Labute approximate surface area is 154 Å². The Balaban J connectivity index is 1.46. The number of nitrogens with one attached hydrogen (secondary N) is 1. The smallest absolute Gasteiger partial charge is 0.172 e. The fourth-order valence-electron chi connectivity index (χ4n) is 2.55. The van der Waals surface area contributed by atoms with Gasteiger partial charge in [0.15, 0.2) is 11.0 Å². The van der Waals surface area contributed by atoms with Crippen molar-refractivity contribution in [2.45, 2.75) is 13.0 Å². The molecule has 0 aliphatic heterocycles. The molecule has 6 heteroatoms. The number of aromatic nitrogens is 3. The van der Waals surface area contributed by atoms with Crippen LogP contribution in [0.3, 0.4) is 0 Å². The van der Waals surface area contributed by atoms with Crippen molar-refractivity contribution in [2.75, 3.05) is 5.32 Å². The van der Waals surface area contributed by atoms with Gasteiger partial charge in [-0.05, 0) is 17.7 Å². The van der Waals surface area contributed by atoms with Crippen molar-refractivity contribution in [3.8, 4) is 0 Å². The highest BCUT2D eigenvalue weighted by molar-refractivity contribution is 7.09. The normalized spacial score (nSPS) is 10.9. The van der Waals surface area contributed by atoms with Gasteiger partial charge in [0.2, 0.25) is 0 Å². The molecule has 1 N–H and O–H groups in total. The molecular formula is C19H15ClN4S. The molecule has 0 fully saturated rings. The summed E-state index contributed by atoms with van der Waals surface area (Å²) in [6, 6.07) is 18.0. The number of hydrogen-bond donors (Lipinski definition) is 1. The minimum absolute atomic E-state index is 0.374. The summed E-state index contributed by atoms with van der Waals surface area (Å²) in [6.45, 7) is 0.567. The first-order chi connectivity index (χ1) is 12.3. The molecular weight excluding hydrogens is 352 g/mol. The van der Waals surface area contributed by atoms with Crippen LogP contribution in [0.1, 0.15) is 16.3 Å². The zero-order valence-corrected chi connectivity index (χ0v) is 14.9. The maximum absolute atomic E-state index is 6.23. The third-order valence-electron chi connectivity index (χ3n) is 3.76. The first kappa shape index (κ1) is 16.0. The van der Waals surface area contributed by atoms with E-state index < -0.39 is 0 Å². The van der Waals surface area contributed by atoms with Crippen molar-refractivity contribution in [3.05, 3.63) is 81.4 Å². The highest BCUT2D eigenvalue weighted by Gasteiger charge is 2.08. The standard InChI is InChI=1S/C19H15ClN4S/c20-18-19(24-16-9-5-4-8-15(16)23-18)21-11-14-12-25-17(22-14)10-13-6-2-1-3-7-13/h1-9,12H,10-11H2,(H,21,24). The molecule has 2 aromatic carbocycles. The molecule has 0 aliphatic rings. The Morgan fingerprint density at radius 1 is 0.880 bits per heavy atom. The van der Waals surface area contributed by atoms with E-state index in [-0.39, 0.29) is 0 Å². The molecule has 4 aromatic rings. The SMILES string of the molecule is Clc1nc2ccccc2nc1NCc1csc(Cc2ccccc2)n1. The molecule has 4 rings (SSSR count). The first-order valence-corrected chi connectivity index (χ1v) is 9.17. The molecule has 25 heavy (non-hydrogen) atoms. The predicted molar refractivity (Wildman–Crippen MR) is 103 cm³/mol. The predicted octanol–water partition coefficient (Wildman–Crippen LogP) is 4.94. The number of thiazole rings is 1. The third kappa shape index (κ3) is 3.78. The van der Waals surface area contributed by atoms with Crippen LogP contribution in [0.25, 0.3) is 11.0 Å². The van der Waals surface area contributed by atoms with Crippen molar-refractivity contribution >= 4 is 39.8 Å². The molecule has 0 unspecified atom stereocenters. The lowest BCUT2D eigenvalue weighted by molar-refractivity contribution is 1.01. The van der Waals surface area contributed by atoms with Crippen LogP contribution in [0.15, 0.2) is 60.0 Å². The van der Waals surface area contributed by atoms with Gasteiger partial charge in [-0.15, -0.1) is 11.3 Å². The number of halogens is 1. The highest BCUT2D eigenvalue weighted by atomic mass is 35.5. The van der Waals surface area contributed by atoms with Crippen LogP contribution >= 0.6 is 22.9 Å². The van der Waals surface area contributed by atoms with Gasteiger partial charge in [0, 0.05) is 11.8 Å². The number of anilines is 1. The number of rotatable bonds is 5. The molecule has 2 aromatic heterocycles. The van der Waals surface area contributed by atoms with E-state index in [1.165, 1.54) is 5.56 Å². The van der Waals surface area contributed by atoms with E-state index in [1.807, 2.05) is 42.5 Å². The number of hydrogen-bond acceptors (Lipinski definition) is 5. The van der Waals surface area contributed by atoms with Crippen LogP contribution in [0.4, 0.5) is 5.82 Å². The summed E-state index contributed by atoms with van der Waals surface area (Å²) < 4.78 is 0. The van der Waals surface area contributed by atoms with E-state index in [9.17, 15) is 0 Å². The second kappa shape index (κ2) is 7.17. The molecule has 2 heterocycles. The summed E-state index contributed by atoms with van der Waals surface area (Å²) in [5.41, 5.74) is 3.84. The molecule has 0 spiro atoms. The van der Waals surface area contributed by atoms with Gasteiger partial charge < -0.3 is 5.32 Å². The van der Waals surface area contributed by atoms with Gasteiger partial charge in [0.05, 0.1) is 28.3 Å². The average molecular weight is 367 g/mol. The minimum atomic E-state index is 0.374. The first-order valence-electron chi connectivity index (χ1n) is 7.91. The van der Waals surface area contributed by atoms with E-state index in [4.69, 9.17) is 11.6 Å². The fourth-order valence-corrected chi connectivity index (χ4v) is 3.58. The van der Waals surface area contributed by atoms with E-state index in [1.54, 1.807) is 11.3 Å². The van der Waals surface area contributed by atoms with E-state index in [0.717, 1.165) is 28.2 Å². The van der Waals surface area contributed by atoms with Crippen molar-refractivity contribution in [2.24, 2.45) is 0 Å². The van der Waals surface area contributed by atoms with Crippen molar-refractivity contribution in [1.82, 2.24) is 15.0 Å².